The van der Waals surface area contributed by atoms with E-state index in [0.29, 0.717) is 0 Å². The normalized spacial score (nSPS) is 21.6. The fourth-order valence-electron chi connectivity index (χ4n) is 2.08. The summed E-state index contributed by atoms with van der Waals surface area (Å²) in [5.74, 6) is 0. The molecular formula is C13H23BN2O2. The molecule has 1 aromatic rings. The molecule has 1 aliphatic rings. The second-order valence-corrected chi connectivity index (χ2v) is 5.83. The van der Waals surface area contributed by atoms with Gasteiger partial charge in [0.05, 0.1) is 16.9 Å². The Hall–Kier alpha value is -0.805. The van der Waals surface area contributed by atoms with Crippen LogP contribution in [0.2, 0.25) is 0 Å². The smallest absolute Gasteiger partial charge is 0.399 e. The van der Waals surface area contributed by atoms with Crippen LogP contribution in [-0.4, -0.2) is 28.1 Å². The van der Waals surface area contributed by atoms with Gasteiger partial charge in [0.2, 0.25) is 0 Å². The molecule has 0 amide bonds. The summed E-state index contributed by atoms with van der Waals surface area (Å²) in [5, 5.41) is 4.54. The molecule has 1 saturated heterocycles. The third-order valence-corrected chi connectivity index (χ3v) is 4.04. The topological polar surface area (TPSA) is 36.3 Å². The van der Waals surface area contributed by atoms with Crippen LogP contribution in [0.5, 0.6) is 0 Å². The fourth-order valence-corrected chi connectivity index (χ4v) is 2.08. The lowest BCUT2D eigenvalue weighted by Gasteiger charge is -2.32. The molecule has 5 heteroatoms. The van der Waals surface area contributed by atoms with Crippen LogP contribution in [0, 0.1) is 0 Å². The second-order valence-electron chi connectivity index (χ2n) is 5.83. The fraction of sp³-hybridized carbons (Fsp3) is 0.769. The monoisotopic (exact) mass is 250 g/mol. The third kappa shape index (κ3) is 2.10. The highest BCUT2D eigenvalue weighted by Gasteiger charge is 2.52. The van der Waals surface area contributed by atoms with E-state index in [1.807, 2.05) is 10.9 Å². The van der Waals surface area contributed by atoms with Crippen LogP contribution in [0.25, 0.3) is 0 Å². The molecule has 2 rings (SSSR count). The van der Waals surface area contributed by atoms with Gasteiger partial charge in [0.25, 0.3) is 0 Å². The summed E-state index contributed by atoms with van der Waals surface area (Å²) in [6, 6.07) is 0. The van der Waals surface area contributed by atoms with Gasteiger partial charge >= 0.3 is 7.12 Å². The van der Waals surface area contributed by atoms with Gasteiger partial charge < -0.3 is 9.31 Å². The Morgan fingerprint density at radius 3 is 2.17 bits per heavy atom. The maximum atomic E-state index is 6.07. The van der Waals surface area contributed by atoms with E-state index >= 15 is 0 Å². The van der Waals surface area contributed by atoms with Gasteiger partial charge in [-0.05, 0) is 41.0 Å². The summed E-state index contributed by atoms with van der Waals surface area (Å²) in [4.78, 5) is 0. The van der Waals surface area contributed by atoms with Crippen molar-refractivity contribution in [2.45, 2.75) is 65.7 Å². The minimum Gasteiger partial charge on any atom is -0.399 e. The zero-order valence-electron chi connectivity index (χ0n) is 12.3. The van der Waals surface area contributed by atoms with Gasteiger partial charge in [0.15, 0.2) is 0 Å². The summed E-state index contributed by atoms with van der Waals surface area (Å²) < 4.78 is 14.1. The van der Waals surface area contributed by atoms with Crippen LogP contribution in [0.1, 0.15) is 47.2 Å². The van der Waals surface area contributed by atoms with Crippen molar-refractivity contribution in [3.05, 3.63) is 11.9 Å². The zero-order chi connectivity index (χ0) is 13.6. The average Bonchev–Trinajstić information content (AvgIpc) is 2.78. The van der Waals surface area contributed by atoms with Crippen molar-refractivity contribution in [2.75, 3.05) is 0 Å². The Kier molecular flexibility index (Phi) is 3.32. The van der Waals surface area contributed by atoms with Crippen molar-refractivity contribution in [3.63, 3.8) is 0 Å². The number of aryl methyl sites for hydroxylation is 2. The molecule has 0 aliphatic carbocycles. The van der Waals surface area contributed by atoms with Crippen molar-refractivity contribution in [3.8, 4) is 0 Å². The van der Waals surface area contributed by atoms with Crippen LogP contribution < -0.4 is 5.46 Å². The minimum atomic E-state index is -0.301. The molecule has 4 nitrogen and oxygen atoms in total. The molecule has 2 heterocycles. The molecule has 0 saturated carbocycles. The van der Waals surface area contributed by atoms with Gasteiger partial charge in [-0.15, -0.1) is 0 Å². The standard InChI is InChI=1S/C13H23BN2O2/c1-7-11-10(9-16(8-2)15-11)14-17-12(3,4)13(5,6)18-14/h9H,7-8H2,1-6H3. The molecule has 18 heavy (non-hydrogen) atoms. The summed E-state index contributed by atoms with van der Waals surface area (Å²) in [6.07, 6.45) is 2.94. The van der Waals surface area contributed by atoms with E-state index < -0.39 is 0 Å². The Balaban J connectivity index is 2.31. The lowest BCUT2D eigenvalue weighted by atomic mass is 9.79. The van der Waals surface area contributed by atoms with Gasteiger partial charge in [-0.25, -0.2) is 0 Å². The Morgan fingerprint density at radius 2 is 1.72 bits per heavy atom. The molecule has 100 valence electrons. The van der Waals surface area contributed by atoms with Gasteiger partial charge in [0.1, 0.15) is 0 Å². The van der Waals surface area contributed by atoms with E-state index in [2.05, 4.69) is 46.6 Å². The first-order valence-corrected chi connectivity index (χ1v) is 6.72. The van der Waals surface area contributed by atoms with Gasteiger partial charge in [0, 0.05) is 18.2 Å². The SMILES string of the molecule is CCc1nn(CC)cc1B1OC(C)(C)C(C)(C)O1. The average molecular weight is 250 g/mol. The van der Waals surface area contributed by atoms with E-state index in [9.17, 15) is 0 Å². The maximum Gasteiger partial charge on any atom is 0.498 e. The van der Waals surface area contributed by atoms with Gasteiger partial charge in [-0.3, -0.25) is 4.68 Å². The van der Waals surface area contributed by atoms with E-state index in [4.69, 9.17) is 9.31 Å². The lowest BCUT2D eigenvalue weighted by Crippen LogP contribution is -2.41. The van der Waals surface area contributed by atoms with Gasteiger partial charge in [-0.1, -0.05) is 6.92 Å². The molecular weight excluding hydrogens is 227 g/mol. The summed E-state index contributed by atoms with van der Waals surface area (Å²) in [5.41, 5.74) is 1.54. The van der Waals surface area contributed by atoms with E-state index in [-0.39, 0.29) is 18.3 Å². The number of aromatic nitrogens is 2. The van der Waals surface area contributed by atoms with Crippen molar-refractivity contribution in [1.82, 2.24) is 9.78 Å². The van der Waals surface area contributed by atoms with Crippen LogP contribution in [0.15, 0.2) is 6.20 Å². The molecule has 0 N–H and O–H groups in total. The predicted octanol–water partition coefficient (Wildman–Crippen LogP) is 1.76. The maximum absolute atomic E-state index is 6.07. The van der Waals surface area contributed by atoms with E-state index in [1.54, 1.807) is 0 Å². The zero-order valence-corrected chi connectivity index (χ0v) is 12.3. The van der Waals surface area contributed by atoms with Crippen molar-refractivity contribution < 1.29 is 9.31 Å². The molecule has 0 bridgehead atoms. The first-order chi connectivity index (χ1) is 8.30. The Labute approximate surface area is 110 Å². The highest BCUT2D eigenvalue weighted by atomic mass is 16.7. The molecule has 1 fully saturated rings. The molecule has 0 aromatic carbocycles. The highest BCUT2D eigenvalue weighted by Crippen LogP contribution is 2.36. The molecule has 0 unspecified atom stereocenters. The molecule has 0 atom stereocenters. The van der Waals surface area contributed by atoms with Crippen molar-refractivity contribution in [1.29, 1.82) is 0 Å². The third-order valence-electron chi connectivity index (χ3n) is 4.04. The largest absolute Gasteiger partial charge is 0.498 e. The van der Waals surface area contributed by atoms with Crippen LogP contribution >= 0.6 is 0 Å². The summed E-state index contributed by atoms with van der Waals surface area (Å²) in [6.45, 7) is 13.3. The van der Waals surface area contributed by atoms with Crippen LogP contribution in [0.4, 0.5) is 0 Å². The van der Waals surface area contributed by atoms with Crippen LogP contribution in [0.3, 0.4) is 0 Å². The predicted molar refractivity (Wildman–Crippen MR) is 73.0 cm³/mol. The lowest BCUT2D eigenvalue weighted by molar-refractivity contribution is 0.00578. The molecule has 0 radical (unpaired) electrons. The highest BCUT2D eigenvalue weighted by molar-refractivity contribution is 6.62. The Bertz CT molecular complexity index is 424. The van der Waals surface area contributed by atoms with Crippen LogP contribution in [-0.2, 0) is 22.3 Å². The first-order valence-electron chi connectivity index (χ1n) is 6.72. The van der Waals surface area contributed by atoms with E-state index in [0.717, 1.165) is 24.1 Å². The molecule has 1 aliphatic heterocycles. The van der Waals surface area contributed by atoms with Crippen molar-refractivity contribution in [2.24, 2.45) is 0 Å². The summed E-state index contributed by atoms with van der Waals surface area (Å²) >= 11 is 0. The minimum absolute atomic E-state index is 0.295. The number of hydrogen-bond acceptors (Lipinski definition) is 3. The molecule has 1 aromatic heterocycles. The number of rotatable bonds is 3. The second kappa shape index (κ2) is 4.39. The summed E-state index contributed by atoms with van der Waals surface area (Å²) in [7, 11) is -0.301. The number of hydrogen-bond donors (Lipinski definition) is 0. The van der Waals surface area contributed by atoms with Gasteiger partial charge in [-0.2, -0.15) is 5.10 Å². The molecule has 0 spiro atoms. The van der Waals surface area contributed by atoms with E-state index in [1.165, 1.54) is 0 Å². The Morgan fingerprint density at radius 1 is 1.17 bits per heavy atom. The number of nitrogens with zero attached hydrogens (tertiary/aromatic N) is 2. The van der Waals surface area contributed by atoms with Crippen molar-refractivity contribution >= 4 is 12.6 Å². The first kappa shape index (κ1) is 13.6. The quantitative estimate of drug-likeness (QED) is 0.767.